The van der Waals surface area contributed by atoms with E-state index in [-0.39, 0.29) is 11.7 Å². The minimum atomic E-state index is -0.939. The number of amides is 1. The number of halogens is 1. The Morgan fingerprint density at radius 1 is 1.45 bits per heavy atom. The summed E-state index contributed by atoms with van der Waals surface area (Å²) in [6, 6.07) is 7.84. The van der Waals surface area contributed by atoms with Gasteiger partial charge >= 0.3 is 0 Å². The number of nitrogens with one attached hydrogen (secondary N) is 1. The van der Waals surface area contributed by atoms with Gasteiger partial charge in [0.05, 0.1) is 11.2 Å². The molecule has 1 aromatic carbocycles. The van der Waals surface area contributed by atoms with Crippen LogP contribution in [0.25, 0.3) is 5.69 Å². The highest BCUT2D eigenvalue weighted by Crippen LogP contribution is 2.18. The van der Waals surface area contributed by atoms with E-state index in [1.165, 1.54) is 12.1 Å². The maximum atomic E-state index is 13.3. The molecule has 0 bridgehead atoms. The molecule has 0 aliphatic rings. The number of aromatic nitrogens is 2. The molecule has 2 aromatic rings. The minimum absolute atomic E-state index is 0.279. The van der Waals surface area contributed by atoms with Gasteiger partial charge in [0.1, 0.15) is 5.82 Å². The summed E-state index contributed by atoms with van der Waals surface area (Å²) in [6.45, 7) is 5.50. The first-order valence-electron chi connectivity index (χ1n) is 7.26. The Balaban J connectivity index is 2.22. The van der Waals surface area contributed by atoms with Crippen LogP contribution < -0.4 is 11.1 Å². The predicted molar refractivity (Wildman–Crippen MR) is 84.4 cm³/mol. The first-order chi connectivity index (χ1) is 10.3. The number of aryl methyl sites for hydroxylation is 1. The molecule has 2 rings (SSSR count). The summed E-state index contributed by atoms with van der Waals surface area (Å²) >= 11 is 0. The lowest BCUT2D eigenvalue weighted by atomic mass is 9.97. The normalized spacial score (nSPS) is 13.7. The summed E-state index contributed by atoms with van der Waals surface area (Å²) in [5.74, 6) is -0.215. The number of benzene rings is 1. The lowest BCUT2D eigenvalue weighted by Gasteiger charge is -2.21. The second-order valence-corrected chi connectivity index (χ2v) is 5.68. The van der Waals surface area contributed by atoms with Crippen molar-refractivity contribution in [3.8, 4) is 5.69 Å². The van der Waals surface area contributed by atoms with Crippen molar-refractivity contribution < 1.29 is 9.18 Å². The summed E-state index contributed by atoms with van der Waals surface area (Å²) in [5.41, 5.74) is 6.45. The third-order valence-corrected chi connectivity index (χ3v) is 3.47. The van der Waals surface area contributed by atoms with Crippen molar-refractivity contribution in [1.82, 2.24) is 9.78 Å². The Bertz CT molecular complexity index is 679. The molecule has 22 heavy (non-hydrogen) atoms. The number of nitrogens with zero attached hydrogens (tertiary/aromatic N) is 2. The molecule has 6 heteroatoms. The fourth-order valence-corrected chi connectivity index (χ4v) is 2.30. The number of carbonyl (C=O) groups excluding carboxylic acids is 1. The molecule has 0 saturated carbocycles. The van der Waals surface area contributed by atoms with Crippen molar-refractivity contribution in [2.24, 2.45) is 5.73 Å². The molecule has 0 saturated heterocycles. The Morgan fingerprint density at radius 2 is 2.18 bits per heavy atom. The van der Waals surface area contributed by atoms with Crippen molar-refractivity contribution in [2.75, 3.05) is 5.32 Å². The van der Waals surface area contributed by atoms with Crippen LogP contribution in [0.3, 0.4) is 0 Å². The fraction of sp³-hybridized carbons (Fsp3) is 0.375. The minimum Gasteiger partial charge on any atom is -0.318 e. The van der Waals surface area contributed by atoms with E-state index < -0.39 is 5.54 Å². The quantitative estimate of drug-likeness (QED) is 0.892. The summed E-state index contributed by atoms with van der Waals surface area (Å²) in [6.07, 6.45) is 1.40. The maximum Gasteiger partial charge on any atom is 0.245 e. The topological polar surface area (TPSA) is 72.9 Å². The maximum absolute atomic E-state index is 13.3. The SMILES string of the molecule is CCCC(C)(N)C(=O)Nc1cc(C)n(-c2cccc(F)c2)n1. The summed E-state index contributed by atoms with van der Waals surface area (Å²) in [4.78, 5) is 12.2. The van der Waals surface area contributed by atoms with Crippen LogP contribution in [0.5, 0.6) is 0 Å². The average molecular weight is 304 g/mol. The fourth-order valence-electron chi connectivity index (χ4n) is 2.30. The van der Waals surface area contributed by atoms with Gasteiger partial charge in [-0.25, -0.2) is 9.07 Å². The molecule has 1 atom stereocenters. The number of carbonyl (C=O) groups is 1. The monoisotopic (exact) mass is 304 g/mol. The molecule has 3 N–H and O–H groups in total. The van der Waals surface area contributed by atoms with Crippen molar-refractivity contribution in [3.63, 3.8) is 0 Å². The average Bonchev–Trinajstić information content (AvgIpc) is 2.79. The molecule has 5 nitrogen and oxygen atoms in total. The molecule has 0 fully saturated rings. The van der Waals surface area contributed by atoms with Crippen molar-refractivity contribution in [1.29, 1.82) is 0 Å². The molecular weight excluding hydrogens is 283 g/mol. The Labute approximate surface area is 129 Å². The van der Waals surface area contributed by atoms with Crippen LogP contribution in [0.1, 0.15) is 32.4 Å². The molecule has 0 spiro atoms. The number of rotatable bonds is 5. The van der Waals surface area contributed by atoms with Crippen molar-refractivity contribution in [2.45, 2.75) is 39.2 Å². The van der Waals surface area contributed by atoms with Gasteiger partial charge in [0.25, 0.3) is 0 Å². The first-order valence-corrected chi connectivity index (χ1v) is 7.26. The van der Waals surface area contributed by atoms with Gasteiger partial charge in [0.15, 0.2) is 5.82 Å². The zero-order valence-electron chi connectivity index (χ0n) is 13.1. The van der Waals surface area contributed by atoms with Gasteiger partial charge in [0, 0.05) is 11.8 Å². The molecule has 0 aliphatic carbocycles. The number of hydrogen-bond acceptors (Lipinski definition) is 3. The van der Waals surface area contributed by atoms with E-state index in [2.05, 4.69) is 10.4 Å². The van der Waals surface area contributed by atoms with Crippen LogP contribution in [0.2, 0.25) is 0 Å². The van der Waals surface area contributed by atoms with Crippen LogP contribution in [0.15, 0.2) is 30.3 Å². The summed E-state index contributed by atoms with van der Waals surface area (Å²) in [7, 11) is 0. The highest BCUT2D eigenvalue weighted by atomic mass is 19.1. The van der Waals surface area contributed by atoms with E-state index in [0.29, 0.717) is 17.9 Å². The van der Waals surface area contributed by atoms with E-state index in [4.69, 9.17) is 5.73 Å². The molecule has 118 valence electrons. The number of anilines is 1. The van der Waals surface area contributed by atoms with E-state index in [1.807, 2.05) is 13.8 Å². The predicted octanol–water partition coefficient (Wildman–Crippen LogP) is 2.78. The number of nitrogens with two attached hydrogens (primary N) is 1. The summed E-state index contributed by atoms with van der Waals surface area (Å²) in [5, 5.41) is 7.02. The largest absolute Gasteiger partial charge is 0.318 e. The highest BCUT2D eigenvalue weighted by molar-refractivity contribution is 5.96. The zero-order chi connectivity index (χ0) is 16.3. The molecule has 1 unspecified atom stereocenters. The van der Waals surface area contributed by atoms with Gasteiger partial charge in [-0.05, 0) is 38.5 Å². The standard InChI is InChI=1S/C16H21FN4O/c1-4-8-16(3,18)15(22)19-14-9-11(2)21(20-14)13-7-5-6-12(17)10-13/h5-7,9-10H,4,8,18H2,1-3H3,(H,19,20,22). The molecular formula is C16H21FN4O. The molecule has 0 aliphatic heterocycles. The second kappa shape index (κ2) is 6.27. The van der Waals surface area contributed by atoms with Crippen molar-refractivity contribution >= 4 is 11.7 Å². The van der Waals surface area contributed by atoms with E-state index in [0.717, 1.165) is 12.1 Å². The molecule has 1 heterocycles. The Kier molecular flexibility index (Phi) is 4.61. The zero-order valence-corrected chi connectivity index (χ0v) is 13.1. The van der Waals surface area contributed by atoms with Crippen molar-refractivity contribution in [3.05, 3.63) is 41.8 Å². The Morgan fingerprint density at radius 3 is 2.82 bits per heavy atom. The lowest BCUT2D eigenvalue weighted by molar-refractivity contribution is -0.120. The van der Waals surface area contributed by atoms with Gasteiger partial charge in [0.2, 0.25) is 5.91 Å². The summed E-state index contributed by atoms with van der Waals surface area (Å²) < 4.78 is 14.9. The first kappa shape index (κ1) is 16.2. The van der Waals surface area contributed by atoms with Crippen LogP contribution >= 0.6 is 0 Å². The van der Waals surface area contributed by atoms with E-state index >= 15 is 0 Å². The number of hydrogen-bond donors (Lipinski definition) is 2. The highest BCUT2D eigenvalue weighted by Gasteiger charge is 2.27. The third-order valence-electron chi connectivity index (χ3n) is 3.47. The van der Waals surface area contributed by atoms with Gasteiger partial charge < -0.3 is 11.1 Å². The smallest absolute Gasteiger partial charge is 0.245 e. The molecule has 1 amide bonds. The van der Waals surface area contributed by atoms with Crippen LogP contribution in [-0.4, -0.2) is 21.2 Å². The van der Waals surface area contributed by atoms with Gasteiger partial charge in [-0.15, -0.1) is 5.10 Å². The van der Waals surface area contributed by atoms with Gasteiger partial charge in [-0.3, -0.25) is 4.79 Å². The second-order valence-electron chi connectivity index (χ2n) is 5.68. The molecule has 0 radical (unpaired) electrons. The van der Waals surface area contributed by atoms with Gasteiger partial charge in [-0.2, -0.15) is 0 Å². The molecule has 1 aromatic heterocycles. The lowest BCUT2D eigenvalue weighted by Crippen LogP contribution is -2.48. The van der Waals surface area contributed by atoms with Crippen LogP contribution in [0, 0.1) is 12.7 Å². The van der Waals surface area contributed by atoms with E-state index in [1.54, 1.807) is 29.8 Å². The van der Waals surface area contributed by atoms with Crippen LogP contribution in [0.4, 0.5) is 10.2 Å². The third kappa shape index (κ3) is 3.51. The van der Waals surface area contributed by atoms with Crippen LogP contribution in [-0.2, 0) is 4.79 Å². The Hall–Kier alpha value is -2.21. The van der Waals surface area contributed by atoms with Gasteiger partial charge in [-0.1, -0.05) is 19.4 Å². The van der Waals surface area contributed by atoms with E-state index in [9.17, 15) is 9.18 Å².